The number of rotatable bonds is 6. The Kier molecular flexibility index (Phi) is 6.23. The van der Waals surface area contributed by atoms with Gasteiger partial charge in [0, 0.05) is 6.54 Å². The first-order valence-electron chi connectivity index (χ1n) is 10.4. The second kappa shape index (κ2) is 8.66. The lowest BCUT2D eigenvalue weighted by Crippen LogP contribution is -2.51. The molecule has 1 spiro atoms. The topological polar surface area (TPSA) is 99.2 Å². The van der Waals surface area contributed by atoms with Crippen molar-refractivity contribution in [2.75, 3.05) is 27.4 Å². The molecule has 0 N–H and O–H groups in total. The van der Waals surface area contributed by atoms with Crippen LogP contribution in [0.4, 0.5) is 0 Å². The van der Waals surface area contributed by atoms with Gasteiger partial charge < -0.3 is 14.2 Å². The molecule has 0 radical (unpaired) electrons. The van der Waals surface area contributed by atoms with Crippen molar-refractivity contribution in [2.24, 2.45) is 0 Å². The molecule has 2 aliphatic rings. The highest BCUT2D eigenvalue weighted by atomic mass is 32.2. The van der Waals surface area contributed by atoms with Gasteiger partial charge in [0.1, 0.15) is 17.2 Å². The van der Waals surface area contributed by atoms with Gasteiger partial charge >= 0.3 is 0 Å². The van der Waals surface area contributed by atoms with Crippen molar-refractivity contribution in [3.8, 4) is 11.5 Å². The van der Waals surface area contributed by atoms with E-state index in [1.165, 1.54) is 30.7 Å². The van der Waals surface area contributed by atoms with E-state index < -0.39 is 30.8 Å². The van der Waals surface area contributed by atoms with E-state index in [0.29, 0.717) is 37.2 Å². The SMILES string of the molecule is COc1ccc(S(=O)(=O)C2CCC3(CC2)OCCN3S(=O)(=O)c2ccc(OC)cc2)cc1. The molecule has 0 atom stereocenters. The third-order valence-electron chi connectivity index (χ3n) is 6.31. The highest BCUT2D eigenvalue weighted by Crippen LogP contribution is 2.43. The van der Waals surface area contributed by atoms with Crippen LogP contribution in [0.15, 0.2) is 58.3 Å². The maximum absolute atomic E-state index is 13.3. The summed E-state index contributed by atoms with van der Waals surface area (Å²) in [6.07, 6.45) is 1.29. The predicted octanol–water partition coefficient (Wildman–Crippen LogP) is 2.84. The Morgan fingerprint density at radius 3 is 1.84 bits per heavy atom. The van der Waals surface area contributed by atoms with Gasteiger partial charge in [-0.1, -0.05) is 0 Å². The number of methoxy groups -OCH3 is 2. The average molecular weight is 482 g/mol. The van der Waals surface area contributed by atoms with Gasteiger partial charge in [0.05, 0.1) is 35.9 Å². The Labute approximate surface area is 189 Å². The summed E-state index contributed by atoms with van der Waals surface area (Å²) in [6.45, 7) is 0.523. The average Bonchev–Trinajstić information content (AvgIpc) is 3.23. The number of nitrogens with zero attached hydrogens (tertiary/aromatic N) is 1. The molecule has 0 aromatic heterocycles. The van der Waals surface area contributed by atoms with Crippen LogP contribution in [-0.2, 0) is 24.6 Å². The van der Waals surface area contributed by atoms with E-state index in [2.05, 4.69) is 0 Å². The Morgan fingerprint density at radius 1 is 0.844 bits per heavy atom. The first-order chi connectivity index (χ1) is 15.2. The van der Waals surface area contributed by atoms with Crippen LogP contribution >= 0.6 is 0 Å². The van der Waals surface area contributed by atoms with Gasteiger partial charge in [-0.25, -0.2) is 16.8 Å². The fraction of sp³-hybridized carbons (Fsp3) is 0.455. The fourth-order valence-electron chi connectivity index (χ4n) is 4.51. The zero-order chi connectivity index (χ0) is 23.0. The number of benzene rings is 2. The van der Waals surface area contributed by atoms with Crippen LogP contribution in [0.25, 0.3) is 0 Å². The van der Waals surface area contributed by atoms with Crippen molar-refractivity contribution < 1.29 is 31.0 Å². The maximum Gasteiger partial charge on any atom is 0.245 e. The summed E-state index contributed by atoms with van der Waals surface area (Å²) in [5.74, 6) is 1.16. The summed E-state index contributed by atoms with van der Waals surface area (Å²) < 4.78 is 70.5. The van der Waals surface area contributed by atoms with E-state index in [1.807, 2.05) is 0 Å². The van der Waals surface area contributed by atoms with E-state index in [1.54, 1.807) is 36.4 Å². The van der Waals surface area contributed by atoms with Crippen molar-refractivity contribution in [3.63, 3.8) is 0 Å². The van der Waals surface area contributed by atoms with E-state index >= 15 is 0 Å². The largest absolute Gasteiger partial charge is 0.497 e. The third kappa shape index (κ3) is 4.00. The molecule has 1 saturated heterocycles. The molecule has 174 valence electrons. The first kappa shape index (κ1) is 23.0. The lowest BCUT2D eigenvalue weighted by atomic mass is 9.91. The minimum Gasteiger partial charge on any atom is -0.497 e. The van der Waals surface area contributed by atoms with Crippen LogP contribution in [0, 0.1) is 0 Å². The molecule has 1 aliphatic carbocycles. The normalized spacial score (nSPS) is 24.5. The van der Waals surface area contributed by atoms with Gasteiger partial charge in [-0.3, -0.25) is 0 Å². The quantitative estimate of drug-likeness (QED) is 0.626. The zero-order valence-corrected chi connectivity index (χ0v) is 19.7. The number of sulfonamides is 1. The van der Waals surface area contributed by atoms with Crippen LogP contribution in [0.2, 0.25) is 0 Å². The fourth-order valence-corrected chi connectivity index (χ4v) is 7.99. The molecular formula is C22H27NO7S2. The monoisotopic (exact) mass is 481 g/mol. The van der Waals surface area contributed by atoms with Crippen molar-refractivity contribution in [1.29, 1.82) is 0 Å². The van der Waals surface area contributed by atoms with E-state index in [9.17, 15) is 16.8 Å². The van der Waals surface area contributed by atoms with Crippen LogP contribution in [-0.4, -0.2) is 59.5 Å². The van der Waals surface area contributed by atoms with E-state index in [4.69, 9.17) is 14.2 Å². The predicted molar refractivity (Wildman–Crippen MR) is 118 cm³/mol. The summed E-state index contributed by atoms with van der Waals surface area (Å²) in [5.41, 5.74) is -1.01. The Hall–Kier alpha value is -2.14. The van der Waals surface area contributed by atoms with Gasteiger partial charge in [-0.15, -0.1) is 0 Å². The molecule has 0 bridgehead atoms. The molecule has 10 heteroatoms. The first-order valence-corrected chi connectivity index (χ1v) is 13.4. The van der Waals surface area contributed by atoms with Crippen LogP contribution in [0.1, 0.15) is 25.7 Å². The molecular weight excluding hydrogens is 454 g/mol. The smallest absolute Gasteiger partial charge is 0.245 e. The number of hydrogen-bond acceptors (Lipinski definition) is 7. The molecule has 0 unspecified atom stereocenters. The van der Waals surface area contributed by atoms with Crippen molar-refractivity contribution >= 4 is 19.9 Å². The highest BCUT2D eigenvalue weighted by Gasteiger charge is 2.52. The van der Waals surface area contributed by atoms with E-state index in [-0.39, 0.29) is 22.9 Å². The minimum absolute atomic E-state index is 0.163. The van der Waals surface area contributed by atoms with Gasteiger partial charge in [0.15, 0.2) is 9.84 Å². The Morgan fingerprint density at radius 2 is 1.34 bits per heavy atom. The number of sulfone groups is 1. The second-order valence-electron chi connectivity index (χ2n) is 7.97. The molecule has 1 saturated carbocycles. The molecule has 32 heavy (non-hydrogen) atoms. The van der Waals surface area contributed by atoms with Gasteiger partial charge in [-0.2, -0.15) is 4.31 Å². The van der Waals surface area contributed by atoms with Gasteiger partial charge in [0.25, 0.3) is 0 Å². The zero-order valence-electron chi connectivity index (χ0n) is 18.1. The summed E-state index contributed by atoms with van der Waals surface area (Å²) in [5, 5.41) is -0.587. The van der Waals surface area contributed by atoms with Crippen LogP contribution in [0.5, 0.6) is 11.5 Å². The maximum atomic E-state index is 13.3. The third-order valence-corrected chi connectivity index (χ3v) is 10.5. The van der Waals surface area contributed by atoms with E-state index in [0.717, 1.165) is 0 Å². The summed E-state index contributed by atoms with van der Waals surface area (Å²) in [7, 11) is -4.29. The molecule has 2 fully saturated rings. The van der Waals surface area contributed by atoms with Gasteiger partial charge in [0.2, 0.25) is 10.0 Å². The Bertz CT molecular complexity index is 1150. The molecule has 2 aromatic carbocycles. The molecule has 1 aliphatic heterocycles. The second-order valence-corrected chi connectivity index (χ2v) is 12.1. The van der Waals surface area contributed by atoms with Crippen molar-refractivity contribution in [2.45, 2.75) is 46.4 Å². The molecule has 4 rings (SSSR count). The van der Waals surface area contributed by atoms with Crippen LogP contribution in [0.3, 0.4) is 0 Å². The van der Waals surface area contributed by atoms with Crippen LogP contribution < -0.4 is 9.47 Å². The molecule has 1 heterocycles. The summed E-state index contributed by atoms with van der Waals surface area (Å²) in [6, 6.07) is 12.6. The van der Waals surface area contributed by atoms with Crippen molar-refractivity contribution in [1.82, 2.24) is 4.31 Å². The van der Waals surface area contributed by atoms with Crippen molar-refractivity contribution in [3.05, 3.63) is 48.5 Å². The Balaban J connectivity index is 1.53. The van der Waals surface area contributed by atoms with Gasteiger partial charge in [-0.05, 0) is 74.2 Å². The highest BCUT2D eigenvalue weighted by molar-refractivity contribution is 7.92. The summed E-state index contributed by atoms with van der Waals surface area (Å²) in [4.78, 5) is 0.408. The lowest BCUT2D eigenvalue weighted by Gasteiger charge is -2.41. The molecule has 0 amide bonds. The minimum atomic E-state index is -3.80. The standard InChI is InChI=1S/C22H27NO7S2/c1-28-17-3-7-19(8-4-17)31(24,25)20-11-13-22(14-12-20)23(15-16-30-22)32(26,27)21-9-5-18(29-2)6-10-21/h3-10,20H,11-16H2,1-2H3. The lowest BCUT2D eigenvalue weighted by molar-refractivity contribution is -0.0748. The molecule has 8 nitrogen and oxygen atoms in total. The summed E-state index contributed by atoms with van der Waals surface area (Å²) >= 11 is 0. The number of hydrogen-bond donors (Lipinski definition) is 0. The number of ether oxygens (including phenoxy) is 3. The molecule has 2 aromatic rings.